The van der Waals surface area contributed by atoms with Gasteiger partial charge in [0.1, 0.15) is 17.6 Å². The monoisotopic (exact) mass is 408 g/mol. The third kappa shape index (κ3) is 5.69. The Labute approximate surface area is 165 Å². The van der Waals surface area contributed by atoms with Crippen LogP contribution in [-0.2, 0) is 21.4 Å². The molecule has 0 radical (unpaired) electrons. The zero-order valence-corrected chi connectivity index (χ0v) is 17.0. The number of anilines is 1. The van der Waals surface area contributed by atoms with Crippen LogP contribution < -0.4 is 14.4 Å². The SMILES string of the molecule is CCOc1ccc(N(C(CC)C(=O)NCc2ccc(F)cc2)S(C)(=O)=O)cc1. The lowest BCUT2D eigenvalue weighted by Gasteiger charge is -2.30. The molecule has 0 bridgehead atoms. The number of sulfonamides is 1. The molecule has 0 heterocycles. The molecule has 1 unspecified atom stereocenters. The van der Waals surface area contributed by atoms with E-state index in [0.29, 0.717) is 18.0 Å². The minimum atomic E-state index is -3.71. The summed E-state index contributed by atoms with van der Waals surface area (Å²) in [6.07, 6.45) is 1.36. The van der Waals surface area contributed by atoms with Crippen LogP contribution in [0.1, 0.15) is 25.8 Å². The van der Waals surface area contributed by atoms with E-state index in [1.165, 1.54) is 12.1 Å². The van der Waals surface area contributed by atoms with Gasteiger partial charge in [-0.2, -0.15) is 0 Å². The summed E-state index contributed by atoms with van der Waals surface area (Å²) in [6, 6.07) is 11.4. The van der Waals surface area contributed by atoms with Crippen LogP contribution in [-0.4, -0.2) is 33.2 Å². The second-order valence-corrected chi connectivity index (χ2v) is 8.11. The molecule has 2 aromatic rings. The Kier molecular flexibility index (Phi) is 7.39. The Balaban J connectivity index is 2.21. The van der Waals surface area contributed by atoms with Crippen molar-refractivity contribution in [3.63, 3.8) is 0 Å². The lowest BCUT2D eigenvalue weighted by Crippen LogP contribution is -2.49. The van der Waals surface area contributed by atoms with Crippen molar-refractivity contribution >= 4 is 21.6 Å². The van der Waals surface area contributed by atoms with Gasteiger partial charge in [-0.15, -0.1) is 0 Å². The quantitative estimate of drug-likeness (QED) is 0.692. The molecule has 1 amide bonds. The molecular formula is C20H25FN2O4S. The fourth-order valence-electron chi connectivity index (χ4n) is 2.83. The molecule has 0 aliphatic rings. The number of ether oxygens (including phenoxy) is 1. The number of halogens is 1. The molecule has 0 saturated carbocycles. The number of carbonyl (C=O) groups excluding carboxylic acids is 1. The van der Waals surface area contributed by atoms with Crippen LogP contribution in [0, 0.1) is 5.82 Å². The molecule has 1 atom stereocenters. The summed E-state index contributed by atoms with van der Waals surface area (Å²) in [5.41, 5.74) is 1.10. The van der Waals surface area contributed by atoms with Gasteiger partial charge in [0.05, 0.1) is 18.6 Å². The summed E-state index contributed by atoms with van der Waals surface area (Å²) in [5.74, 6) is -0.167. The summed E-state index contributed by atoms with van der Waals surface area (Å²) in [6.45, 7) is 4.28. The highest BCUT2D eigenvalue weighted by molar-refractivity contribution is 7.92. The highest BCUT2D eigenvalue weighted by Crippen LogP contribution is 2.25. The van der Waals surface area contributed by atoms with Gasteiger partial charge >= 0.3 is 0 Å². The molecule has 0 saturated heterocycles. The molecule has 1 N–H and O–H groups in total. The van der Waals surface area contributed by atoms with Crippen LogP contribution in [0.15, 0.2) is 48.5 Å². The lowest BCUT2D eigenvalue weighted by atomic mass is 10.1. The van der Waals surface area contributed by atoms with Crippen molar-refractivity contribution in [3.05, 3.63) is 59.9 Å². The molecular weight excluding hydrogens is 383 g/mol. The Morgan fingerprint density at radius 1 is 1.11 bits per heavy atom. The number of benzene rings is 2. The topological polar surface area (TPSA) is 75.7 Å². The molecule has 0 aliphatic heterocycles. The number of nitrogens with one attached hydrogen (secondary N) is 1. The van der Waals surface area contributed by atoms with Crippen LogP contribution in [0.3, 0.4) is 0 Å². The molecule has 0 spiro atoms. The molecule has 28 heavy (non-hydrogen) atoms. The summed E-state index contributed by atoms with van der Waals surface area (Å²) < 4.78 is 44.4. The van der Waals surface area contributed by atoms with Crippen LogP contribution >= 0.6 is 0 Å². The molecule has 0 aliphatic carbocycles. The first-order valence-electron chi connectivity index (χ1n) is 9.00. The number of hydrogen-bond acceptors (Lipinski definition) is 4. The standard InChI is InChI=1S/C20H25FN2O4S/c1-4-19(20(24)22-14-15-6-8-16(21)9-7-15)23(28(3,25)26)17-10-12-18(13-11-17)27-5-2/h6-13,19H,4-5,14H2,1-3H3,(H,22,24). The van der Waals surface area contributed by atoms with E-state index in [-0.39, 0.29) is 18.8 Å². The Morgan fingerprint density at radius 3 is 2.21 bits per heavy atom. The second-order valence-electron chi connectivity index (χ2n) is 6.25. The van der Waals surface area contributed by atoms with Crippen molar-refractivity contribution in [2.24, 2.45) is 0 Å². The van der Waals surface area contributed by atoms with E-state index in [4.69, 9.17) is 4.74 Å². The number of nitrogens with zero attached hydrogens (tertiary/aromatic N) is 1. The van der Waals surface area contributed by atoms with Crippen LogP contribution in [0.2, 0.25) is 0 Å². The molecule has 152 valence electrons. The fourth-order valence-corrected chi connectivity index (χ4v) is 4.04. The highest BCUT2D eigenvalue weighted by Gasteiger charge is 2.31. The van der Waals surface area contributed by atoms with Crippen LogP contribution in [0.25, 0.3) is 0 Å². The minimum Gasteiger partial charge on any atom is -0.494 e. The fraction of sp³-hybridized carbons (Fsp3) is 0.350. The van der Waals surface area contributed by atoms with Crippen molar-refractivity contribution in [2.75, 3.05) is 17.2 Å². The van der Waals surface area contributed by atoms with Crippen LogP contribution in [0.5, 0.6) is 5.75 Å². The zero-order chi connectivity index (χ0) is 20.7. The van der Waals surface area contributed by atoms with E-state index in [1.807, 2.05) is 6.92 Å². The van der Waals surface area contributed by atoms with Gasteiger partial charge in [0.2, 0.25) is 15.9 Å². The maximum atomic E-state index is 13.0. The molecule has 2 rings (SSSR count). The van der Waals surface area contributed by atoms with E-state index in [2.05, 4.69) is 5.32 Å². The number of rotatable bonds is 9. The second kappa shape index (κ2) is 9.54. The zero-order valence-electron chi connectivity index (χ0n) is 16.2. The predicted molar refractivity (Wildman–Crippen MR) is 107 cm³/mol. The number of carbonyl (C=O) groups is 1. The van der Waals surface area contributed by atoms with Gasteiger partial charge < -0.3 is 10.1 Å². The van der Waals surface area contributed by atoms with Gasteiger partial charge in [-0.1, -0.05) is 19.1 Å². The average Bonchev–Trinajstić information content (AvgIpc) is 2.65. The number of amides is 1. The Morgan fingerprint density at radius 2 is 1.71 bits per heavy atom. The average molecular weight is 408 g/mol. The van der Waals surface area contributed by atoms with Crippen molar-refractivity contribution in [2.45, 2.75) is 32.9 Å². The third-order valence-electron chi connectivity index (χ3n) is 4.11. The largest absolute Gasteiger partial charge is 0.494 e. The first-order chi connectivity index (χ1) is 13.3. The van der Waals surface area contributed by atoms with Gasteiger partial charge in [-0.05, 0) is 55.3 Å². The lowest BCUT2D eigenvalue weighted by molar-refractivity contribution is -0.122. The van der Waals surface area contributed by atoms with Crippen LogP contribution in [0.4, 0.5) is 10.1 Å². The molecule has 0 fully saturated rings. The smallest absolute Gasteiger partial charge is 0.244 e. The van der Waals surface area contributed by atoms with E-state index in [9.17, 15) is 17.6 Å². The van der Waals surface area contributed by atoms with Gasteiger partial charge in [0, 0.05) is 6.54 Å². The van der Waals surface area contributed by atoms with E-state index < -0.39 is 22.0 Å². The van der Waals surface area contributed by atoms with Gasteiger partial charge in [-0.3, -0.25) is 9.10 Å². The normalized spacial score (nSPS) is 12.3. The third-order valence-corrected chi connectivity index (χ3v) is 5.29. The van der Waals surface area contributed by atoms with Gasteiger partial charge in [0.15, 0.2) is 0 Å². The summed E-state index contributed by atoms with van der Waals surface area (Å²) in [7, 11) is -3.71. The molecule has 6 nitrogen and oxygen atoms in total. The van der Waals surface area contributed by atoms with Crippen molar-refractivity contribution < 1.29 is 22.3 Å². The maximum absolute atomic E-state index is 13.0. The summed E-state index contributed by atoms with van der Waals surface area (Å²) in [4.78, 5) is 12.7. The summed E-state index contributed by atoms with van der Waals surface area (Å²) in [5, 5.41) is 2.73. The Bertz CT molecular complexity index is 883. The van der Waals surface area contributed by atoms with Crippen molar-refractivity contribution in [1.82, 2.24) is 5.32 Å². The minimum absolute atomic E-state index is 0.177. The summed E-state index contributed by atoms with van der Waals surface area (Å²) >= 11 is 0. The molecule has 0 aromatic heterocycles. The van der Waals surface area contributed by atoms with Crippen molar-refractivity contribution in [3.8, 4) is 5.75 Å². The molecule has 8 heteroatoms. The maximum Gasteiger partial charge on any atom is 0.244 e. The Hall–Kier alpha value is -2.61. The van der Waals surface area contributed by atoms with E-state index in [1.54, 1.807) is 43.3 Å². The van der Waals surface area contributed by atoms with E-state index >= 15 is 0 Å². The molecule has 2 aromatic carbocycles. The number of hydrogen-bond donors (Lipinski definition) is 1. The highest BCUT2D eigenvalue weighted by atomic mass is 32.2. The van der Waals surface area contributed by atoms with Gasteiger partial charge in [0.25, 0.3) is 0 Å². The first kappa shape index (κ1) is 21.7. The van der Waals surface area contributed by atoms with E-state index in [0.717, 1.165) is 16.1 Å². The van der Waals surface area contributed by atoms with Gasteiger partial charge in [-0.25, -0.2) is 12.8 Å². The predicted octanol–water partition coefficient (Wildman–Crippen LogP) is 3.09. The van der Waals surface area contributed by atoms with Crippen molar-refractivity contribution in [1.29, 1.82) is 0 Å². The first-order valence-corrected chi connectivity index (χ1v) is 10.9.